The smallest absolute Gasteiger partial charge is 0.329 e. The lowest BCUT2D eigenvalue weighted by Gasteiger charge is -2.07. The molecule has 2 N–H and O–H groups in total. The summed E-state index contributed by atoms with van der Waals surface area (Å²) >= 11 is 11.9. The first-order chi connectivity index (χ1) is 16.4. The zero-order valence-electron chi connectivity index (χ0n) is 18.0. The van der Waals surface area contributed by atoms with E-state index in [1.165, 1.54) is 6.21 Å². The number of amides is 2. The number of benzene rings is 3. The second-order valence-corrected chi connectivity index (χ2v) is 7.70. The highest BCUT2D eigenvalue weighted by Gasteiger charge is 2.12. The quantitative estimate of drug-likeness (QED) is 0.183. The Hall–Kier alpha value is -3.81. The van der Waals surface area contributed by atoms with Gasteiger partial charge in [0.2, 0.25) is 0 Å². The van der Waals surface area contributed by atoms with E-state index in [4.69, 9.17) is 32.7 Å². The maximum atomic E-state index is 12.0. The number of anilines is 1. The number of ether oxygens (including phenoxy) is 2. The van der Waals surface area contributed by atoms with Gasteiger partial charge in [-0.2, -0.15) is 5.10 Å². The molecule has 174 valence electrons. The molecule has 0 atom stereocenters. The van der Waals surface area contributed by atoms with Crippen molar-refractivity contribution in [2.75, 3.05) is 11.9 Å². The summed E-state index contributed by atoms with van der Waals surface area (Å²) in [6.45, 7) is 4.28. The van der Waals surface area contributed by atoms with Crippen LogP contribution in [0.1, 0.15) is 11.1 Å². The number of hydrazone groups is 1. The van der Waals surface area contributed by atoms with Crippen molar-refractivity contribution in [3.63, 3.8) is 0 Å². The van der Waals surface area contributed by atoms with Gasteiger partial charge < -0.3 is 14.8 Å². The predicted molar refractivity (Wildman–Crippen MR) is 134 cm³/mol. The van der Waals surface area contributed by atoms with Crippen molar-refractivity contribution in [2.24, 2.45) is 5.10 Å². The van der Waals surface area contributed by atoms with Gasteiger partial charge in [0.05, 0.1) is 16.3 Å². The maximum absolute atomic E-state index is 12.0. The Morgan fingerprint density at radius 2 is 1.56 bits per heavy atom. The van der Waals surface area contributed by atoms with Crippen LogP contribution in [0, 0.1) is 0 Å². The molecule has 0 aromatic heterocycles. The summed E-state index contributed by atoms with van der Waals surface area (Å²) in [4.78, 5) is 24.0. The van der Waals surface area contributed by atoms with Crippen LogP contribution in [0.5, 0.6) is 11.5 Å². The Bertz CT molecular complexity index is 1180. The molecule has 0 aliphatic heterocycles. The predicted octanol–water partition coefficient (Wildman–Crippen LogP) is 5.23. The van der Waals surface area contributed by atoms with E-state index in [-0.39, 0.29) is 0 Å². The molecule has 0 aliphatic carbocycles. The lowest BCUT2D eigenvalue weighted by atomic mass is 10.2. The lowest BCUT2D eigenvalue weighted by Crippen LogP contribution is -2.32. The van der Waals surface area contributed by atoms with Crippen LogP contribution in [0.3, 0.4) is 0 Å². The van der Waals surface area contributed by atoms with Gasteiger partial charge in [-0.05, 0) is 71.8 Å². The molecule has 0 heterocycles. The molecule has 0 unspecified atom stereocenters. The molecule has 0 saturated carbocycles. The summed E-state index contributed by atoms with van der Waals surface area (Å²) in [7, 11) is 0. The average Bonchev–Trinajstić information content (AvgIpc) is 2.85. The number of hydrogen-bond donors (Lipinski definition) is 2. The first-order valence-electron chi connectivity index (χ1n) is 10.1. The third-order valence-corrected chi connectivity index (χ3v) is 5.07. The Morgan fingerprint density at radius 1 is 0.882 bits per heavy atom. The van der Waals surface area contributed by atoms with Crippen molar-refractivity contribution < 1.29 is 19.1 Å². The minimum Gasteiger partial charge on any atom is -0.490 e. The molecular formula is C25H21Cl2N3O4. The summed E-state index contributed by atoms with van der Waals surface area (Å²) in [6.07, 6.45) is 3.04. The minimum atomic E-state index is -0.898. The normalized spacial score (nSPS) is 10.5. The Kier molecular flexibility index (Phi) is 9.08. The van der Waals surface area contributed by atoms with E-state index in [0.29, 0.717) is 46.0 Å². The zero-order chi connectivity index (χ0) is 24.3. The van der Waals surface area contributed by atoms with Crippen LogP contribution < -0.4 is 20.2 Å². The highest BCUT2D eigenvalue weighted by atomic mass is 35.5. The average molecular weight is 498 g/mol. The molecular weight excluding hydrogens is 477 g/mol. The van der Waals surface area contributed by atoms with E-state index in [1.54, 1.807) is 66.7 Å². The van der Waals surface area contributed by atoms with Crippen LogP contribution in [0.15, 0.2) is 84.5 Å². The van der Waals surface area contributed by atoms with Crippen molar-refractivity contribution >= 4 is 46.9 Å². The highest BCUT2D eigenvalue weighted by molar-refractivity contribution is 6.42. The molecule has 3 aromatic carbocycles. The molecule has 7 nitrogen and oxygen atoms in total. The van der Waals surface area contributed by atoms with Crippen molar-refractivity contribution in [2.45, 2.75) is 6.61 Å². The van der Waals surface area contributed by atoms with Gasteiger partial charge in [-0.3, -0.25) is 9.59 Å². The van der Waals surface area contributed by atoms with Crippen molar-refractivity contribution in [3.05, 3.63) is 101 Å². The van der Waals surface area contributed by atoms with Gasteiger partial charge in [-0.25, -0.2) is 5.43 Å². The van der Waals surface area contributed by atoms with Crippen LogP contribution >= 0.6 is 23.2 Å². The highest BCUT2D eigenvalue weighted by Crippen LogP contribution is 2.23. The maximum Gasteiger partial charge on any atom is 0.329 e. The van der Waals surface area contributed by atoms with E-state index in [1.807, 2.05) is 6.07 Å². The van der Waals surface area contributed by atoms with E-state index >= 15 is 0 Å². The second-order valence-electron chi connectivity index (χ2n) is 6.88. The number of rotatable bonds is 9. The third-order valence-electron chi connectivity index (χ3n) is 4.34. The van der Waals surface area contributed by atoms with Crippen molar-refractivity contribution in [3.8, 4) is 11.5 Å². The SMILES string of the molecule is C=CCOc1ccc(NC(=O)C(=O)N/N=C\c2ccc(OCc3ccc(Cl)c(Cl)c3)cc2)cc1. The summed E-state index contributed by atoms with van der Waals surface area (Å²) in [5.41, 5.74) is 4.23. The number of carbonyl (C=O) groups excluding carboxylic acids is 2. The number of nitrogens with one attached hydrogen (secondary N) is 2. The fourth-order valence-electron chi connectivity index (χ4n) is 2.64. The third kappa shape index (κ3) is 7.65. The van der Waals surface area contributed by atoms with E-state index in [9.17, 15) is 9.59 Å². The number of carbonyl (C=O) groups is 2. The van der Waals surface area contributed by atoms with E-state index < -0.39 is 11.8 Å². The monoisotopic (exact) mass is 497 g/mol. The van der Waals surface area contributed by atoms with Gasteiger partial charge in [0.15, 0.2) is 0 Å². The fourth-order valence-corrected chi connectivity index (χ4v) is 2.96. The summed E-state index contributed by atoms with van der Waals surface area (Å²) in [5.74, 6) is -0.474. The zero-order valence-corrected chi connectivity index (χ0v) is 19.5. The lowest BCUT2D eigenvalue weighted by molar-refractivity contribution is -0.136. The van der Waals surface area contributed by atoms with Gasteiger partial charge in [0.25, 0.3) is 0 Å². The van der Waals surface area contributed by atoms with E-state index in [2.05, 4.69) is 22.4 Å². The minimum absolute atomic E-state index is 0.333. The molecule has 9 heteroatoms. The molecule has 0 saturated heterocycles. The van der Waals surface area contributed by atoms with Gasteiger partial charge in [0.1, 0.15) is 24.7 Å². The standard InChI is InChI=1S/C25H21Cl2N3O4/c1-2-13-33-20-10-6-19(7-11-20)29-24(31)25(32)30-28-15-17-3-8-21(9-4-17)34-16-18-5-12-22(26)23(27)14-18/h2-12,14-15H,1,13,16H2,(H,29,31)(H,30,32)/b28-15-. The second kappa shape index (κ2) is 12.4. The molecule has 0 radical (unpaired) electrons. The fraction of sp³-hybridized carbons (Fsp3) is 0.0800. The van der Waals surface area contributed by atoms with Gasteiger partial charge >= 0.3 is 11.8 Å². The van der Waals surface area contributed by atoms with Crippen LogP contribution in [-0.4, -0.2) is 24.6 Å². The van der Waals surface area contributed by atoms with Crippen LogP contribution in [-0.2, 0) is 16.2 Å². The molecule has 3 rings (SSSR count). The van der Waals surface area contributed by atoms with Gasteiger partial charge in [-0.1, -0.05) is 41.9 Å². The van der Waals surface area contributed by atoms with Gasteiger partial charge in [0, 0.05) is 5.69 Å². The first-order valence-corrected chi connectivity index (χ1v) is 10.8. The molecule has 0 bridgehead atoms. The Balaban J connectivity index is 1.44. The molecule has 0 fully saturated rings. The van der Waals surface area contributed by atoms with Crippen molar-refractivity contribution in [1.82, 2.24) is 5.43 Å². The van der Waals surface area contributed by atoms with Crippen LogP contribution in [0.2, 0.25) is 10.0 Å². The Labute approximate surface area is 207 Å². The van der Waals surface area contributed by atoms with Crippen molar-refractivity contribution in [1.29, 1.82) is 0 Å². The topological polar surface area (TPSA) is 89.0 Å². The summed E-state index contributed by atoms with van der Waals surface area (Å²) < 4.78 is 11.1. The van der Waals surface area contributed by atoms with Gasteiger partial charge in [-0.15, -0.1) is 0 Å². The molecule has 0 spiro atoms. The molecule has 0 aliphatic rings. The molecule has 3 aromatic rings. The Morgan fingerprint density at radius 3 is 2.24 bits per heavy atom. The number of halogens is 2. The van der Waals surface area contributed by atoms with Crippen LogP contribution in [0.4, 0.5) is 5.69 Å². The van der Waals surface area contributed by atoms with Crippen LogP contribution in [0.25, 0.3) is 0 Å². The molecule has 2 amide bonds. The summed E-state index contributed by atoms with van der Waals surface area (Å²) in [6, 6.07) is 18.9. The largest absolute Gasteiger partial charge is 0.490 e. The number of hydrogen-bond acceptors (Lipinski definition) is 5. The number of nitrogens with zero attached hydrogens (tertiary/aromatic N) is 1. The molecule has 34 heavy (non-hydrogen) atoms. The first kappa shape index (κ1) is 24.8. The summed E-state index contributed by atoms with van der Waals surface area (Å²) in [5, 5.41) is 7.25. The van der Waals surface area contributed by atoms with E-state index in [0.717, 1.165) is 5.56 Å².